The second-order valence-electron chi connectivity index (χ2n) is 4.60. The second kappa shape index (κ2) is 16.7. The Morgan fingerprint density at radius 3 is 1.36 bits per heavy atom. The Kier molecular flexibility index (Phi) is 18.8. The van der Waals surface area contributed by atoms with E-state index in [1.54, 1.807) is 0 Å². The molecule has 1 heterocycles. The van der Waals surface area contributed by atoms with E-state index >= 15 is 0 Å². The summed E-state index contributed by atoms with van der Waals surface area (Å²) in [6.07, 6.45) is 3.76. The number of nitrogens with one attached hydrogen (secondary N) is 1. The van der Waals surface area contributed by atoms with Gasteiger partial charge in [-0.2, -0.15) is 0 Å². The fourth-order valence-corrected chi connectivity index (χ4v) is 0.852. The molecule has 0 aromatic heterocycles. The molecule has 3 N–H and O–H groups in total. The third kappa shape index (κ3) is 43.1. The van der Waals surface area contributed by atoms with Crippen molar-refractivity contribution in [1.82, 2.24) is 5.32 Å². The molecule has 0 aromatic carbocycles. The number of carbonyl (C=O) groups excluding carboxylic acids is 5. The fraction of sp³-hybridized carbons (Fsp3) is 0.533. The Hall–Kier alpha value is -2.31. The first-order valence-electron chi connectivity index (χ1n) is 6.71. The maximum Gasteiger partial charge on any atom is 0.240 e. The van der Waals surface area contributed by atoms with Crippen molar-refractivity contribution < 1.29 is 24.0 Å². The third-order valence-electron chi connectivity index (χ3n) is 1.54. The summed E-state index contributed by atoms with van der Waals surface area (Å²) in [7, 11) is 0. The number of carbonyl (C=O) groups is 5. The monoisotopic (exact) mass is 314 g/mol. The van der Waals surface area contributed by atoms with Crippen molar-refractivity contribution in [2.75, 3.05) is 0 Å². The molecule has 7 nitrogen and oxygen atoms in total. The molecular weight excluding hydrogens is 288 g/mol. The van der Waals surface area contributed by atoms with Crippen molar-refractivity contribution in [2.45, 2.75) is 53.4 Å². The molecule has 0 aliphatic carbocycles. The predicted molar refractivity (Wildman–Crippen MR) is 83.7 cm³/mol. The van der Waals surface area contributed by atoms with E-state index < -0.39 is 5.91 Å². The van der Waals surface area contributed by atoms with E-state index in [0.29, 0.717) is 12.8 Å². The molecule has 0 unspecified atom stereocenters. The van der Waals surface area contributed by atoms with Crippen LogP contribution in [0.4, 0.5) is 0 Å². The highest BCUT2D eigenvalue weighted by Crippen LogP contribution is 2.03. The van der Waals surface area contributed by atoms with E-state index in [0.717, 1.165) is 18.9 Å². The van der Waals surface area contributed by atoms with Crippen LogP contribution >= 0.6 is 0 Å². The number of primary amides is 1. The molecule has 0 radical (unpaired) electrons. The normalized spacial score (nSPS) is 12.4. The average molecular weight is 314 g/mol. The number of nitrogens with two attached hydrogens (primary N) is 1. The Morgan fingerprint density at radius 2 is 1.18 bits per heavy atom. The quantitative estimate of drug-likeness (QED) is 0.553. The van der Waals surface area contributed by atoms with Crippen LogP contribution in [0.2, 0.25) is 0 Å². The lowest BCUT2D eigenvalue weighted by Gasteiger charge is -1.93. The molecule has 1 saturated heterocycles. The van der Waals surface area contributed by atoms with Crippen LogP contribution in [0.25, 0.3) is 0 Å². The number of ketones is 2. The maximum absolute atomic E-state index is 10.6. The Bertz CT molecular complexity index is 367. The van der Waals surface area contributed by atoms with Gasteiger partial charge in [-0.05, 0) is 46.6 Å². The standard InChI is InChI=1S/C6H9NO2.C3H5NO.2C3H6O/c8-5-3-1-2-4-6(9)7-5;1-2-3(4)5;2*1-3(2)4/h1-4H2,(H,7,8,9);2H,1H2,(H2,4,5);2*1-2H3. The first kappa shape index (κ1) is 24.7. The van der Waals surface area contributed by atoms with E-state index in [1.165, 1.54) is 27.7 Å². The van der Waals surface area contributed by atoms with Crippen LogP contribution in [-0.4, -0.2) is 29.3 Å². The van der Waals surface area contributed by atoms with Crippen LogP contribution in [0.15, 0.2) is 12.7 Å². The van der Waals surface area contributed by atoms with E-state index in [9.17, 15) is 24.0 Å². The van der Waals surface area contributed by atoms with E-state index in [4.69, 9.17) is 0 Å². The minimum atomic E-state index is -0.481. The lowest BCUT2D eigenvalue weighted by molar-refractivity contribution is -0.129. The summed E-state index contributed by atoms with van der Waals surface area (Å²) in [6, 6.07) is 0. The van der Waals surface area contributed by atoms with Gasteiger partial charge < -0.3 is 15.3 Å². The summed E-state index contributed by atoms with van der Waals surface area (Å²) in [5.74, 6) is -0.403. The topological polar surface area (TPSA) is 123 Å². The summed E-state index contributed by atoms with van der Waals surface area (Å²) in [6.45, 7) is 9.20. The largest absolute Gasteiger partial charge is 0.366 e. The lowest BCUT2D eigenvalue weighted by Crippen LogP contribution is -2.27. The molecule has 22 heavy (non-hydrogen) atoms. The van der Waals surface area contributed by atoms with E-state index in [-0.39, 0.29) is 23.4 Å². The minimum Gasteiger partial charge on any atom is -0.366 e. The number of amides is 3. The molecular formula is C15H26N2O5. The highest BCUT2D eigenvalue weighted by atomic mass is 16.2. The van der Waals surface area contributed by atoms with Gasteiger partial charge >= 0.3 is 0 Å². The van der Waals surface area contributed by atoms with Crippen LogP contribution in [0.3, 0.4) is 0 Å². The van der Waals surface area contributed by atoms with Crippen LogP contribution in [0.5, 0.6) is 0 Å². The van der Waals surface area contributed by atoms with Gasteiger partial charge in [-0.15, -0.1) is 0 Å². The highest BCUT2D eigenvalue weighted by molar-refractivity contribution is 5.95. The Labute approximate surface area is 131 Å². The zero-order valence-electron chi connectivity index (χ0n) is 13.7. The third-order valence-corrected chi connectivity index (χ3v) is 1.54. The number of Topliss-reactive ketones (excluding diaryl/α,β-unsaturated/α-hetero) is 2. The van der Waals surface area contributed by atoms with Gasteiger partial charge in [-0.1, -0.05) is 6.58 Å². The van der Waals surface area contributed by atoms with Gasteiger partial charge in [0.05, 0.1) is 0 Å². The zero-order valence-corrected chi connectivity index (χ0v) is 13.7. The average Bonchev–Trinajstić information content (AvgIpc) is 2.52. The van der Waals surface area contributed by atoms with E-state index in [2.05, 4.69) is 17.6 Å². The summed E-state index contributed by atoms with van der Waals surface area (Å²) < 4.78 is 0. The molecule has 7 heteroatoms. The fourth-order valence-electron chi connectivity index (χ4n) is 0.852. The van der Waals surface area contributed by atoms with Crippen LogP contribution in [0.1, 0.15) is 53.4 Å². The summed E-state index contributed by atoms with van der Waals surface area (Å²) in [4.78, 5) is 49.5. The van der Waals surface area contributed by atoms with Crippen molar-refractivity contribution in [1.29, 1.82) is 0 Å². The zero-order chi connectivity index (χ0) is 18.1. The molecule has 0 atom stereocenters. The van der Waals surface area contributed by atoms with Gasteiger partial charge in [0.1, 0.15) is 11.6 Å². The van der Waals surface area contributed by atoms with Gasteiger partial charge in [-0.3, -0.25) is 19.7 Å². The molecule has 1 aliphatic rings. The van der Waals surface area contributed by atoms with Gasteiger partial charge in [0.2, 0.25) is 17.7 Å². The number of imide groups is 1. The smallest absolute Gasteiger partial charge is 0.240 e. The number of hydrogen-bond acceptors (Lipinski definition) is 5. The molecule has 1 aliphatic heterocycles. The minimum absolute atomic E-state index is 0.127. The SMILES string of the molecule is C=CC(N)=O.CC(C)=O.CC(C)=O.O=C1CCCCC(=O)N1. The lowest BCUT2D eigenvalue weighted by atomic mass is 10.2. The summed E-state index contributed by atoms with van der Waals surface area (Å²) >= 11 is 0. The van der Waals surface area contributed by atoms with Crippen molar-refractivity contribution in [3.05, 3.63) is 12.7 Å². The van der Waals surface area contributed by atoms with Gasteiger partial charge in [0, 0.05) is 12.8 Å². The summed E-state index contributed by atoms with van der Waals surface area (Å²) in [5.41, 5.74) is 4.53. The van der Waals surface area contributed by atoms with Crippen molar-refractivity contribution in [2.24, 2.45) is 5.73 Å². The molecule has 3 amide bonds. The first-order chi connectivity index (χ1) is 10.0. The molecule has 1 fully saturated rings. The molecule has 126 valence electrons. The molecule has 1 rings (SSSR count). The maximum atomic E-state index is 10.6. The van der Waals surface area contributed by atoms with Crippen molar-refractivity contribution >= 4 is 29.3 Å². The first-order valence-corrected chi connectivity index (χ1v) is 6.71. The van der Waals surface area contributed by atoms with Gasteiger partial charge in [0.25, 0.3) is 0 Å². The van der Waals surface area contributed by atoms with E-state index in [1.807, 2.05) is 0 Å². The van der Waals surface area contributed by atoms with Crippen LogP contribution in [-0.2, 0) is 24.0 Å². The summed E-state index contributed by atoms with van der Waals surface area (Å²) in [5, 5.41) is 2.26. The predicted octanol–water partition coefficient (Wildman–Crippen LogP) is 1.05. The number of hydrogen-bond donors (Lipinski definition) is 2. The van der Waals surface area contributed by atoms with Gasteiger partial charge in [0.15, 0.2) is 0 Å². The van der Waals surface area contributed by atoms with Crippen LogP contribution in [0, 0.1) is 0 Å². The molecule has 0 bridgehead atoms. The molecule has 0 saturated carbocycles. The number of rotatable bonds is 1. The van der Waals surface area contributed by atoms with Crippen molar-refractivity contribution in [3.63, 3.8) is 0 Å². The second-order valence-corrected chi connectivity index (χ2v) is 4.60. The van der Waals surface area contributed by atoms with Gasteiger partial charge in [-0.25, -0.2) is 0 Å². The van der Waals surface area contributed by atoms with Crippen molar-refractivity contribution in [3.8, 4) is 0 Å². The molecule has 0 aromatic rings. The Morgan fingerprint density at radius 1 is 0.955 bits per heavy atom. The highest BCUT2D eigenvalue weighted by Gasteiger charge is 2.11. The molecule has 0 spiro atoms. The van der Waals surface area contributed by atoms with Crippen LogP contribution < -0.4 is 11.1 Å². The Balaban J connectivity index is -0.000000240.